The van der Waals surface area contributed by atoms with E-state index >= 15 is 0 Å². The average molecular weight is 283 g/mol. The van der Waals surface area contributed by atoms with Crippen LogP contribution >= 0.6 is 11.8 Å². The van der Waals surface area contributed by atoms with Gasteiger partial charge in [0.2, 0.25) is 5.91 Å². The highest BCUT2D eigenvalue weighted by molar-refractivity contribution is 7.99. The van der Waals surface area contributed by atoms with Crippen molar-refractivity contribution in [2.45, 2.75) is 5.16 Å². The number of carbonyl (C=O) groups excluding carboxylic acids is 1. The minimum Gasteiger partial charge on any atom is -0.329 e. The van der Waals surface area contributed by atoms with E-state index in [1.54, 1.807) is 17.0 Å². The lowest BCUT2D eigenvalue weighted by atomic mass is 10.3. The third-order valence-corrected chi connectivity index (χ3v) is 3.37. The first-order valence-corrected chi connectivity index (χ1v) is 6.40. The van der Waals surface area contributed by atoms with Crippen molar-refractivity contribution in [3.05, 3.63) is 42.2 Å². The molecule has 1 amide bonds. The molecule has 0 radical (unpaired) electrons. The van der Waals surface area contributed by atoms with E-state index in [1.165, 1.54) is 17.8 Å². The zero-order valence-electron chi connectivity index (χ0n) is 10.1. The van der Waals surface area contributed by atoms with Crippen molar-refractivity contribution in [3.63, 3.8) is 0 Å². The zero-order valence-corrected chi connectivity index (χ0v) is 10.9. The van der Waals surface area contributed by atoms with E-state index in [1.807, 2.05) is 7.05 Å². The minimum absolute atomic E-state index is 0.143. The first-order valence-electron chi connectivity index (χ1n) is 5.41. The third kappa shape index (κ3) is 3.54. The molecule has 0 aliphatic carbocycles. The highest BCUT2D eigenvalue weighted by Gasteiger charge is 2.08. The Morgan fingerprint density at radius 1 is 1.42 bits per heavy atom. The van der Waals surface area contributed by atoms with Gasteiger partial charge in [0.05, 0.1) is 5.75 Å². The summed E-state index contributed by atoms with van der Waals surface area (Å²) in [5.41, 5.74) is 0.226. The second kappa shape index (κ2) is 5.83. The molecule has 0 aliphatic rings. The van der Waals surface area contributed by atoms with Crippen molar-refractivity contribution in [1.82, 2.24) is 9.55 Å². The first-order chi connectivity index (χ1) is 9.06. The van der Waals surface area contributed by atoms with Crippen LogP contribution in [0.15, 0.2) is 35.7 Å². The van der Waals surface area contributed by atoms with Gasteiger partial charge in [0, 0.05) is 31.2 Å². The van der Waals surface area contributed by atoms with Crippen molar-refractivity contribution in [1.29, 1.82) is 0 Å². The van der Waals surface area contributed by atoms with E-state index < -0.39 is 11.6 Å². The van der Waals surface area contributed by atoms with Crippen molar-refractivity contribution in [3.8, 4) is 0 Å². The van der Waals surface area contributed by atoms with Gasteiger partial charge in [-0.25, -0.2) is 13.8 Å². The quantitative estimate of drug-likeness (QED) is 0.877. The van der Waals surface area contributed by atoms with E-state index in [0.717, 1.165) is 12.1 Å². The SMILES string of the molecule is Cn1ccnc1SCC(=O)Nc1ccc(F)c(F)c1. The van der Waals surface area contributed by atoms with Crippen LogP contribution < -0.4 is 5.32 Å². The third-order valence-electron chi connectivity index (χ3n) is 2.31. The van der Waals surface area contributed by atoms with Gasteiger partial charge in [0.15, 0.2) is 16.8 Å². The van der Waals surface area contributed by atoms with Gasteiger partial charge in [-0.2, -0.15) is 0 Å². The number of benzene rings is 1. The fraction of sp³-hybridized carbons (Fsp3) is 0.167. The van der Waals surface area contributed by atoms with E-state index in [0.29, 0.717) is 5.16 Å². The van der Waals surface area contributed by atoms with Gasteiger partial charge in [-0.05, 0) is 12.1 Å². The molecule has 0 atom stereocenters. The number of amides is 1. The summed E-state index contributed by atoms with van der Waals surface area (Å²) >= 11 is 1.26. The van der Waals surface area contributed by atoms with Crippen LogP contribution in [0.1, 0.15) is 0 Å². The molecule has 1 aromatic heterocycles. The van der Waals surface area contributed by atoms with Gasteiger partial charge in [0.1, 0.15) is 0 Å². The summed E-state index contributed by atoms with van der Waals surface area (Å²) in [6, 6.07) is 3.22. The van der Waals surface area contributed by atoms with Gasteiger partial charge < -0.3 is 9.88 Å². The molecule has 0 saturated heterocycles. The molecule has 0 spiro atoms. The molecule has 2 rings (SSSR count). The standard InChI is InChI=1S/C12H11F2N3OS/c1-17-5-4-15-12(17)19-7-11(18)16-8-2-3-9(13)10(14)6-8/h2-6H,7H2,1H3,(H,16,18). The number of anilines is 1. The van der Waals surface area contributed by atoms with Crippen LogP contribution in [0, 0.1) is 11.6 Å². The van der Waals surface area contributed by atoms with Gasteiger partial charge in [-0.1, -0.05) is 11.8 Å². The fourth-order valence-electron chi connectivity index (χ4n) is 1.39. The molecule has 1 aromatic carbocycles. The Morgan fingerprint density at radius 3 is 2.84 bits per heavy atom. The predicted octanol–water partition coefficient (Wildman–Crippen LogP) is 2.43. The maximum absolute atomic E-state index is 12.9. The fourth-order valence-corrected chi connectivity index (χ4v) is 2.12. The Morgan fingerprint density at radius 2 is 2.21 bits per heavy atom. The molecule has 0 bridgehead atoms. The highest BCUT2D eigenvalue weighted by Crippen LogP contribution is 2.16. The van der Waals surface area contributed by atoms with Crippen LogP contribution in [0.5, 0.6) is 0 Å². The number of nitrogens with zero attached hydrogens (tertiary/aromatic N) is 2. The number of imidazole rings is 1. The zero-order chi connectivity index (χ0) is 13.8. The maximum atomic E-state index is 12.9. The summed E-state index contributed by atoms with van der Waals surface area (Å²) in [5.74, 6) is -2.10. The van der Waals surface area contributed by atoms with Gasteiger partial charge in [0.25, 0.3) is 0 Å². The molecule has 4 nitrogen and oxygen atoms in total. The second-order valence-corrected chi connectivity index (χ2v) is 4.73. The molecular weight excluding hydrogens is 272 g/mol. The monoisotopic (exact) mass is 283 g/mol. The lowest BCUT2D eigenvalue weighted by Crippen LogP contribution is -2.14. The van der Waals surface area contributed by atoms with Crippen molar-refractivity contribution in [2.24, 2.45) is 7.05 Å². The van der Waals surface area contributed by atoms with Crippen LogP contribution in [-0.4, -0.2) is 21.2 Å². The van der Waals surface area contributed by atoms with Gasteiger partial charge >= 0.3 is 0 Å². The number of halogens is 2. The molecule has 1 heterocycles. The highest BCUT2D eigenvalue weighted by atomic mass is 32.2. The average Bonchev–Trinajstić information content (AvgIpc) is 2.77. The molecular formula is C12H11F2N3OS. The summed E-state index contributed by atoms with van der Waals surface area (Å²) in [7, 11) is 1.82. The topological polar surface area (TPSA) is 46.9 Å². The smallest absolute Gasteiger partial charge is 0.234 e. The number of hydrogen-bond acceptors (Lipinski definition) is 3. The van der Waals surface area contributed by atoms with Crippen molar-refractivity contribution < 1.29 is 13.6 Å². The summed E-state index contributed by atoms with van der Waals surface area (Å²) in [4.78, 5) is 15.7. The number of aromatic nitrogens is 2. The number of rotatable bonds is 4. The number of hydrogen-bond donors (Lipinski definition) is 1. The van der Waals surface area contributed by atoms with Crippen LogP contribution in [-0.2, 0) is 11.8 Å². The molecule has 0 saturated carbocycles. The molecule has 0 aliphatic heterocycles. The van der Waals surface area contributed by atoms with Gasteiger partial charge in [-0.3, -0.25) is 4.79 Å². The van der Waals surface area contributed by atoms with Crippen LogP contribution in [0.2, 0.25) is 0 Å². The maximum Gasteiger partial charge on any atom is 0.234 e. The van der Waals surface area contributed by atoms with Crippen LogP contribution in [0.25, 0.3) is 0 Å². The predicted molar refractivity (Wildman–Crippen MR) is 68.9 cm³/mol. The van der Waals surface area contributed by atoms with Gasteiger partial charge in [-0.15, -0.1) is 0 Å². The van der Waals surface area contributed by atoms with Crippen LogP contribution in [0.3, 0.4) is 0 Å². The number of aryl methyl sites for hydroxylation is 1. The Kier molecular flexibility index (Phi) is 4.16. The lowest BCUT2D eigenvalue weighted by Gasteiger charge is -2.05. The minimum atomic E-state index is -0.991. The van der Waals surface area contributed by atoms with E-state index in [9.17, 15) is 13.6 Å². The van der Waals surface area contributed by atoms with Crippen molar-refractivity contribution >= 4 is 23.4 Å². The number of thioether (sulfide) groups is 1. The Balaban J connectivity index is 1.91. The molecule has 0 unspecified atom stereocenters. The molecule has 2 aromatic rings. The largest absolute Gasteiger partial charge is 0.329 e. The lowest BCUT2D eigenvalue weighted by molar-refractivity contribution is -0.113. The number of carbonyl (C=O) groups is 1. The Hall–Kier alpha value is -1.89. The Bertz CT molecular complexity index is 600. The van der Waals surface area contributed by atoms with E-state index in [2.05, 4.69) is 10.3 Å². The summed E-state index contributed by atoms with van der Waals surface area (Å²) in [6.07, 6.45) is 3.41. The van der Waals surface area contributed by atoms with Crippen molar-refractivity contribution in [2.75, 3.05) is 11.1 Å². The molecule has 1 N–H and O–H groups in total. The molecule has 19 heavy (non-hydrogen) atoms. The first kappa shape index (κ1) is 13.5. The molecule has 100 valence electrons. The number of nitrogens with one attached hydrogen (secondary N) is 1. The van der Waals surface area contributed by atoms with Crippen LogP contribution in [0.4, 0.5) is 14.5 Å². The molecule has 0 fully saturated rings. The summed E-state index contributed by atoms with van der Waals surface area (Å²) in [5, 5.41) is 3.20. The van der Waals surface area contributed by atoms with E-state index in [-0.39, 0.29) is 17.3 Å². The normalized spacial score (nSPS) is 10.5. The Labute approximate surface area is 112 Å². The summed E-state index contributed by atoms with van der Waals surface area (Å²) < 4.78 is 27.4. The summed E-state index contributed by atoms with van der Waals surface area (Å²) in [6.45, 7) is 0. The molecule has 7 heteroatoms. The van der Waals surface area contributed by atoms with E-state index in [4.69, 9.17) is 0 Å². The second-order valence-electron chi connectivity index (χ2n) is 3.79.